The van der Waals surface area contributed by atoms with Crippen molar-refractivity contribution >= 4 is 5.97 Å². The Labute approximate surface area is 161 Å². The number of rotatable bonds is 5. The molecular weight excluding hydrogens is 362 g/mol. The van der Waals surface area contributed by atoms with Crippen molar-refractivity contribution in [3.05, 3.63) is 83.8 Å². The van der Waals surface area contributed by atoms with Gasteiger partial charge in [0.1, 0.15) is 11.6 Å². The first-order chi connectivity index (χ1) is 13.5. The van der Waals surface area contributed by atoms with Gasteiger partial charge < -0.3 is 4.74 Å². The molecule has 0 aliphatic carbocycles. The highest BCUT2D eigenvalue weighted by Crippen LogP contribution is 2.25. The van der Waals surface area contributed by atoms with Gasteiger partial charge in [0, 0.05) is 35.9 Å². The Balaban J connectivity index is 1.98. The Morgan fingerprint density at radius 2 is 1.75 bits per heavy atom. The van der Waals surface area contributed by atoms with E-state index in [1.54, 1.807) is 57.9 Å². The Morgan fingerprint density at radius 3 is 2.46 bits per heavy atom. The first kappa shape index (κ1) is 19.2. The van der Waals surface area contributed by atoms with Crippen molar-refractivity contribution < 1.29 is 27.4 Å². The van der Waals surface area contributed by atoms with E-state index in [4.69, 9.17) is 11.2 Å². The van der Waals surface area contributed by atoms with Crippen LogP contribution in [0.5, 0.6) is 0 Å². The monoisotopic (exact) mass is 380 g/mol. The standard InChI is InChI=1S/C22H18F2N2O2/c1-3-16-14-17(23)15-18(24)21(16)19-8-4-6-10-25(19)12-13-26-11-7-5-9-20(26)22(27)28-2/h1,4-11,14-15H,12-13H2,2H3/q+2. The van der Waals surface area contributed by atoms with Gasteiger partial charge in [-0.3, -0.25) is 0 Å². The number of hydrogen-bond acceptors (Lipinski definition) is 2. The third-order valence-corrected chi connectivity index (χ3v) is 4.32. The van der Waals surface area contributed by atoms with Crippen LogP contribution in [0.2, 0.25) is 0 Å². The van der Waals surface area contributed by atoms with E-state index in [0.717, 1.165) is 12.1 Å². The van der Waals surface area contributed by atoms with Crippen molar-refractivity contribution in [2.75, 3.05) is 7.11 Å². The summed E-state index contributed by atoms with van der Waals surface area (Å²) in [5.41, 5.74) is 1.22. The van der Waals surface area contributed by atoms with Crippen LogP contribution in [0.25, 0.3) is 11.3 Å². The number of halogens is 2. The van der Waals surface area contributed by atoms with E-state index in [1.165, 1.54) is 7.11 Å². The molecule has 0 aliphatic heterocycles. The third-order valence-electron chi connectivity index (χ3n) is 4.32. The number of ether oxygens (including phenoxy) is 1. The zero-order valence-electron chi connectivity index (χ0n) is 15.2. The molecule has 0 bridgehead atoms. The van der Waals surface area contributed by atoms with Crippen molar-refractivity contribution in [3.8, 4) is 23.6 Å². The maximum Gasteiger partial charge on any atom is 0.403 e. The summed E-state index contributed by atoms with van der Waals surface area (Å²) in [7, 11) is 1.32. The van der Waals surface area contributed by atoms with Crippen molar-refractivity contribution in [2.45, 2.75) is 13.1 Å². The molecule has 0 radical (unpaired) electrons. The largest absolute Gasteiger partial charge is 0.461 e. The lowest BCUT2D eigenvalue weighted by molar-refractivity contribution is -0.774. The Bertz CT molecular complexity index is 1070. The van der Waals surface area contributed by atoms with Crippen LogP contribution in [0, 0.1) is 24.0 Å². The smallest absolute Gasteiger partial charge is 0.403 e. The second-order valence-corrected chi connectivity index (χ2v) is 6.00. The maximum atomic E-state index is 14.5. The SMILES string of the molecule is C#Cc1cc(F)cc(F)c1-c1cccc[n+]1CC[n+]1ccccc1C(=O)OC. The van der Waals surface area contributed by atoms with Crippen LogP contribution in [0.4, 0.5) is 8.78 Å². The molecule has 2 heterocycles. The molecule has 6 heteroatoms. The highest BCUT2D eigenvalue weighted by molar-refractivity contribution is 5.85. The summed E-state index contributed by atoms with van der Waals surface area (Å²) in [4.78, 5) is 11.9. The fourth-order valence-corrected chi connectivity index (χ4v) is 3.02. The molecule has 140 valence electrons. The van der Waals surface area contributed by atoms with Crippen LogP contribution >= 0.6 is 0 Å². The minimum Gasteiger partial charge on any atom is -0.461 e. The summed E-state index contributed by atoms with van der Waals surface area (Å²) in [5, 5.41) is 0. The molecule has 3 rings (SSSR count). The van der Waals surface area contributed by atoms with E-state index in [9.17, 15) is 13.6 Å². The number of carbonyl (C=O) groups is 1. The number of methoxy groups -OCH3 is 1. The number of benzene rings is 1. The summed E-state index contributed by atoms with van der Waals surface area (Å²) in [6.45, 7) is 0.858. The van der Waals surface area contributed by atoms with E-state index in [1.807, 2.05) is 0 Å². The number of pyridine rings is 2. The number of carbonyl (C=O) groups excluding carboxylic acids is 1. The molecule has 0 fully saturated rings. The maximum absolute atomic E-state index is 14.5. The number of aryl methyl sites for hydroxylation is 2. The molecule has 4 nitrogen and oxygen atoms in total. The summed E-state index contributed by atoms with van der Waals surface area (Å²) in [6.07, 6.45) is 9.00. The second kappa shape index (κ2) is 8.40. The van der Waals surface area contributed by atoms with E-state index < -0.39 is 17.6 Å². The molecule has 0 amide bonds. The number of hydrogen-bond donors (Lipinski definition) is 0. The zero-order valence-corrected chi connectivity index (χ0v) is 15.2. The molecular formula is C22H18F2N2O2+2. The first-order valence-corrected chi connectivity index (χ1v) is 8.56. The van der Waals surface area contributed by atoms with E-state index in [-0.39, 0.29) is 11.1 Å². The molecule has 0 unspecified atom stereocenters. The Morgan fingerprint density at radius 1 is 1.07 bits per heavy atom. The van der Waals surface area contributed by atoms with Gasteiger partial charge in [0.2, 0.25) is 18.8 Å². The number of nitrogens with zero attached hydrogens (tertiary/aromatic N) is 2. The van der Waals surface area contributed by atoms with Crippen LogP contribution in [-0.2, 0) is 17.8 Å². The molecule has 1 aromatic carbocycles. The van der Waals surface area contributed by atoms with Crippen LogP contribution in [0.15, 0.2) is 60.9 Å². The summed E-state index contributed by atoms with van der Waals surface area (Å²) in [6, 6.07) is 12.4. The van der Waals surface area contributed by atoms with Gasteiger partial charge in [-0.15, -0.1) is 6.42 Å². The van der Waals surface area contributed by atoms with Gasteiger partial charge in [0.05, 0.1) is 12.7 Å². The number of aromatic nitrogens is 2. The van der Waals surface area contributed by atoms with Gasteiger partial charge >= 0.3 is 5.97 Å². The average Bonchev–Trinajstić information content (AvgIpc) is 2.71. The van der Waals surface area contributed by atoms with Gasteiger partial charge in [-0.25, -0.2) is 13.6 Å². The topological polar surface area (TPSA) is 34.1 Å². The van der Waals surface area contributed by atoms with Gasteiger partial charge in [0.15, 0.2) is 12.4 Å². The van der Waals surface area contributed by atoms with Crippen molar-refractivity contribution in [2.24, 2.45) is 0 Å². The van der Waals surface area contributed by atoms with Gasteiger partial charge in [-0.2, -0.15) is 9.13 Å². The minimum atomic E-state index is -0.726. The van der Waals surface area contributed by atoms with Crippen LogP contribution in [0.1, 0.15) is 16.1 Å². The number of esters is 1. The quantitative estimate of drug-likeness (QED) is 0.388. The highest BCUT2D eigenvalue weighted by atomic mass is 19.1. The Kier molecular flexibility index (Phi) is 5.75. The fourth-order valence-electron chi connectivity index (χ4n) is 3.02. The molecule has 0 atom stereocenters. The molecule has 0 spiro atoms. The van der Waals surface area contributed by atoms with E-state index in [2.05, 4.69) is 5.92 Å². The van der Waals surface area contributed by atoms with Crippen LogP contribution in [0.3, 0.4) is 0 Å². The molecule has 0 saturated carbocycles. The van der Waals surface area contributed by atoms with E-state index >= 15 is 0 Å². The lowest BCUT2D eigenvalue weighted by Crippen LogP contribution is -2.48. The molecule has 28 heavy (non-hydrogen) atoms. The number of terminal acetylenes is 1. The minimum absolute atomic E-state index is 0.139. The van der Waals surface area contributed by atoms with E-state index in [0.29, 0.717) is 24.5 Å². The summed E-state index contributed by atoms with van der Waals surface area (Å²) < 4.78 is 36.4. The van der Waals surface area contributed by atoms with Gasteiger partial charge in [0.25, 0.3) is 5.69 Å². The molecule has 2 aromatic heterocycles. The zero-order chi connectivity index (χ0) is 20.1. The van der Waals surface area contributed by atoms with Gasteiger partial charge in [-0.05, 0) is 18.2 Å². The predicted molar refractivity (Wildman–Crippen MR) is 97.9 cm³/mol. The Hall–Kier alpha value is -3.59. The first-order valence-electron chi connectivity index (χ1n) is 8.56. The lowest BCUT2D eigenvalue weighted by Gasteiger charge is -2.07. The predicted octanol–water partition coefficient (Wildman–Crippen LogP) is 2.67. The lowest BCUT2D eigenvalue weighted by atomic mass is 10.0. The molecule has 0 saturated heterocycles. The molecule has 0 aliphatic rings. The molecule has 0 N–H and O–H groups in total. The fraction of sp³-hybridized carbons (Fsp3) is 0.136. The average molecular weight is 380 g/mol. The van der Waals surface area contributed by atoms with Crippen LogP contribution < -0.4 is 9.13 Å². The second-order valence-electron chi connectivity index (χ2n) is 6.00. The summed E-state index contributed by atoms with van der Waals surface area (Å²) in [5.74, 6) is 0.453. The highest BCUT2D eigenvalue weighted by Gasteiger charge is 2.24. The van der Waals surface area contributed by atoms with Crippen molar-refractivity contribution in [1.29, 1.82) is 0 Å². The van der Waals surface area contributed by atoms with Crippen LogP contribution in [-0.4, -0.2) is 13.1 Å². The van der Waals surface area contributed by atoms with Gasteiger partial charge in [-0.1, -0.05) is 5.92 Å². The summed E-state index contributed by atoms with van der Waals surface area (Å²) >= 11 is 0. The third kappa shape index (κ3) is 3.89. The van der Waals surface area contributed by atoms with Crippen molar-refractivity contribution in [1.82, 2.24) is 0 Å². The molecule has 3 aromatic rings. The normalized spacial score (nSPS) is 10.4. The van der Waals surface area contributed by atoms with Crippen molar-refractivity contribution in [3.63, 3.8) is 0 Å².